The van der Waals surface area contributed by atoms with E-state index in [1.807, 2.05) is 19.1 Å². The van der Waals surface area contributed by atoms with Crippen LogP contribution in [0.5, 0.6) is 0 Å². The minimum absolute atomic E-state index is 0.0734. The van der Waals surface area contributed by atoms with Crippen molar-refractivity contribution in [1.82, 2.24) is 24.7 Å². The van der Waals surface area contributed by atoms with Crippen molar-refractivity contribution in [3.8, 4) is 12.3 Å². The molecule has 0 spiro atoms. The number of aromatic nitrogens is 4. The molecule has 2 heterocycles. The maximum atomic E-state index is 12.5. The normalized spacial score (nSPS) is 10.6. The van der Waals surface area contributed by atoms with Gasteiger partial charge in [0, 0.05) is 5.39 Å². The van der Waals surface area contributed by atoms with E-state index < -0.39 is 0 Å². The summed E-state index contributed by atoms with van der Waals surface area (Å²) in [6.07, 6.45) is 6.91. The Kier molecular flexibility index (Phi) is 5.39. The lowest BCUT2D eigenvalue weighted by atomic mass is 10.1. The van der Waals surface area contributed by atoms with Crippen molar-refractivity contribution in [2.75, 3.05) is 0 Å². The lowest BCUT2D eigenvalue weighted by Crippen LogP contribution is -2.28. The fourth-order valence-electron chi connectivity index (χ4n) is 2.66. The van der Waals surface area contributed by atoms with Crippen LogP contribution >= 0.6 is 11.5 Å². The minimum atomic E-state index is -0.246. The van der Waals surface area contributed by atoms with Crippen LogP contribution in [-0.2, 0) is 19.5 Å². The van der Waals surface area contributed by atoms with Crippen molar-refractivity contribution < 1.29 is 4.79 Å². The number of amides is 1. The third kappa shape index (κ3) is 3.48. The molecule has 0 unspecified atom stereocenters. The van der Waals surface area contributed by atoms with E-state index in [9.17, 15) is 9.59 Å². The second kappa shape index (κ2) is 7.89. The molecule has 0 saturated heterocycles. The van der Waals surface area contributed by atoms with Crippen LogP contribution in [-0.4, -0.2) is 25.3 Å². The van der Waals surface area contributed by atoms with Crippen molar-refractivity contribution in [1.29, 1.82) is 0 Å². The molecule has 0 aliphatic rings. The number of rotatable bonds is 6. The molecule has 7 nitrogen and oxygen atoms in total. The zero-order valence-corrected chi connectivity index (χ0v) is 15.0. The maximum Gasteiger partial charge on any atom is 0.275 e. The summed E-state index contributed by atoms with van der Waals surface area (Å²) in [5.41, 5.74) is 1.04. The monoisotopic (exact) mass is 367 g/mol. The van der Waals surface area contributed by atoms with Crippen LogP contribution in [0.4, 0.5) is 0 Å². The molecular weight excluding hydrogens is 350 g/mol. The van der Waals surface area contributed by atoms with E-state index in [1.54, 1.807) is 12.1 Å². The fourth-order valence-corrected chi connectivity index (χ4v) is 3.28. The first-order valence-corrected chi connectivity index (χ1v) is 8.94. The number of terminal acetylenes is 1. The number of hydrogen-bond donors (Lipinski definition) is 1. The minimum Gasteiger partial charge on any atom is -0.345 e. The molecule has 2 aromatic heterocycles. The molecule has 0 fully saturated rings. The Morgan fingerprint density at radius 2 is 2.08 bits per heavy atom. The Hall–Kier alpha value is -3.05. The molecule has 3 rings (SSSR count). The Bertz CT molecular complexity index is 1050. The first kappa shape index (κ1) is 17.8. The van der Waals surface area contributed by atoms with Gasteiger partial charge in [0.15, 0.2) is 0 Å². The molecular formula is C18H17N5O2S. The summed E-state index contributed by atoms with van der Waals surface area (Å²) in [5.74, 6) is 2.18. The molecule has 1 aromatic carbocycles. The molecule has 0 saturated carbocycles. The lowest BCUT2D eigenvalue weighted by Gasteiger charge is -2.10. The summed E-state index contributed by atoms with van der Waals surface area (Å²) in [6, 6.07) is 7.14. The number of nitrogens with zero attached hydrogens (tertiary/aromatic N) is 4. The highest BCUT2D eigenvalue weighted by molar-refractivity contribution is 7.08. The summed E-state index contributed by atoms with van der Waals surface area (Å²) < 4.78 is 5.10. The van der Waals surface area contributed by atoms with Crippen LogP contribution in [0, 0.1) is 12.3 Å². The van der Waals surface area contributed by atoms with Crippen molar-refractivity contribution in [3.63, 3.8) is 0 Å². The number of carbonyl (C=O) groups is 1. The largest absolute Gasteiger partial charge is 0.345 e. The van der Waals surface area contributed by atoms with Gasteiger partial charge in [-0.2, -0.15) is 5.10 Å². The Balaban J connectivity index is 1.90. The zero-order chi connectivity index (χ0) is 18.5. The predicted octanol–water partition coefficient (Wildman–Crippen LogP) is 1.76. The zero-order valence-electron chi connectivity index (χ0n) is 14.2. The van der Waals surface area contributed by atoms with Crippen LogP contribution in [0.25, 0.3) is 10.8 Å². The van der Waals surface area contributed by atoms with Gasteiger partial charge in [-0.25, -0.2) is 4.68 Å². The van der Waals surface area contributed by atoms with E-state index in [0.717, 1.165) is 18.0 Å². The first-order chi connectivity index (χ1) is 12.7. The highest BCUT2D eigenvalue weighted by Crippen LogP contribution is 2.15. The summed E-state index contributed by atoms with van der Waals surface area (Å²) in [5, 5.41) is 12.4. The highest BCUT2D eigenvalue weighted by atomic mass is 32.1. The predicted molar refractivity (Wildman–Crippen MR) is 99.9 cm³/mol. The number of carbonyl (C=O) groups excluding carboxylic acids is 1. The molecule has 132 valence electrons. The molecule has 0 aliphatic heterocycles. The molecule has 8 heteroatoms. The third-order valence-electron chi connectivity index (χ3n) is 3.85. The van der Waals surface area contributed by atoms with Crippen LogP contribution in [0.2, 0.25) is 0 Å². The number of fused-ring (bicyclic) bond motifs is 1. The van der Waals surface area contributed by atoms with E-state index in [4.69, 9.17) is 6.42 Å². The lowest BCUT2D eigenvalue weighted by molar-refractivity contribution is 0.0953. The van der Waals surface area contributed by atoms with Crippen molar-refractivity contribution >= 4 is 28.2 Å². The number of hydrogen-bond acceptors (Lipinski definition) is 6. The molecule has 1 amide bonds. The van der Waals surface area contributed by atoms with Crippen LogP contribution < -0.4 is 10.9 Å². The number of aryl methyl sites for hydroxylation is 1. The molecule has 3 aromatic rings. The summed E-state index contributed by atoms with van der Waals surface area (Å²) in [6.45, 7) is 2.27. The second-order valence-corrected chi connectivity index (χ2v) is 6.39. The third-order valence-corrected chi connectivity index (χ3v) is 4.62. The summed E-state index contributed by atoms with van der Waals surface area (Å²) in [7, 11) is 0. The van der Waals surface area contributed by atoms with E-state index >= 15 is 0 Å². The van der Waals surface area contributed by atoms with E-state index in [-0.39, 0.29) is 24.6 Å². The molecule has 0 atom stereocenters. The van der Waals surface area contributed by atoms with Gasteiger partial charge in [0.2, 0.25) is 0 Å². The van der Waals surface area contributed by atoms with Gasteiger partial charge in [-0.05, 0) is 24.0 Å². The van der Waals surface area contributed by atoms with Crippen molar-refractivity contribution in [3.05, 3.63) is 50.9 Å². The summed E-state index contributed by atoms with van der Waals surface area (Å²) >= 11 is 1.07. The molecule has 0 bridgehead atoms. The maximum absolute atomic E-state index is 12.5. The Morgan fingerprint density at radius 1 is 1.31 bits per heavy atom. The Morgan fingerprint density at radius 3 is 2.81 bits per heavy atom. The van der Waals surface area contributed by atoms with Gasteiger partial charge in [-0.3, -0.25) is 9.59 Å². The van der Waals surface area contributed by atoms with Gasteiger partial charge >= 0.3 is 0 Å². The first-order valence-electron chi connectivity index (χ1n) is 8.17. The van der Waals surface area contributed by atoms with Gasteiger partial charge < -0.3 is 5.32 Å². The second-order valence-electron chi connectivity index (χ2n) is 5.64. The topological polar surface area (TPSA) is 89.8 Å². The van der Waals surface area contributed by atoms with Gasteiger partial charge in [0.1, 0.15) is 11.4 Å². The molecule has 26 heavy (non-hydrogen) atoms. The van der Waals surface area contributed by atoms with Crippen molar-refractivity contribution in [2.24, 2.45) is 0 Å². The summed E-state index contributed by atoms with van der Waals surface area (Å²) in [4.78, 5) is 25.4. The van der Waals surface area contributed by atoms with E-state index in [0.29, 0.717) is 33.5 Å². The number of benzene rings is 1. The van der Waals surface area contributed by atoms with Crippen LogP contribution in [0.1, 0.15) is 34.4 Å². The standard InChI is InChI=1S/C18H17N5O2S/c1-3-7-14-16(26-22-20-14)17(24)19-11-15-12-8-5-6-9-13(12)18(25)23(21-15)10-4-2/h2,5-6,8-9H,3,7,10-11H2,1H3,(H,19,24). The smallest absolute Gasteiger partial charge is 0.275 e. The van der Waals surface area contributed by atoms with E-state index in [2.05, 4.69) is 25.9 Å². The average molecular weight is 367 g/mol. The average Bonchev–Trinajstić information content (AvgIpc) is 3.12. The van der Waals surface area contributed by atoms with Gasteiger partial charge in [-0.1, -0.05) is 42.0 Å². The van der Waals surface area contributed by atoms with E-state index in [1.165, 1.54) is 4.68 Å². The fraction of sp³-hybridized carbons (Fsp3) is 0.278. The molecule has 0 radical (unpaired) electrons. The van der Waals surface area contributed by atoms with Gasteiger partial charge in [-0.15, -0.1) is 11.5 Å². The van der Waals surface area contributed by atoms with Gasteiger partial charge in [0.05, 0.1) is 23.3 Å². The van der Waals surface area contributed by atoms with Crippen LogP contribution in [0.15, 0.2) is 29.1 Å². The van der Waals surface area contributed by atoms with Crippen LogP contribution in [0.3, 0.4) is 0 Å². The van der Waals surface area contributed by atoms with Gasteiger partial charge in [0.25, 0.3) is 11.5 Å². The molecule has 0 aliphatic carbocycles. The quantitative estimate of drug-likeness (QED) is 0.671. The van der Waals surface area contributed by atoms with Crippen molar-refractivity contribution in [2.45, 2.75) is 32.9 Å². The highest BCUT2D eigenvalue weighted by Gasteiger charge is 2.17. The Labute approximate surface area is 154 Å². The SMILES string of the molecule is C#CCn1nc(CNC(=O)c2snnc2CCC)c2ccccc2c1=O. The number of nitrogens with one attached hydrogen (secondary N) is 1. The molecule has 1 N–H and O–H groups in total.